The zero-order chi connectivity index (χ0) is 10.8. The number of phenols is 1. The molecule has 1 saturated heterocycles. The zero-order valence-corrected chi connectivity index (χ0v) is 8.81. The van der Waals surface area contributed by atoms with Crippen LogP contribution in [0.1, 0.15) is 23.7 Å². The van der Waals surface area contributed by atoms with Crippen LogP contribution in [0.5, 0.6) is 5.75 Å². The molecule has 80 valence electrons. The standard InChI is InChI=1S/C12H15NO2/c1-9-6-7-13(8-9)12(15)10-4-2-3-5-11(10)14/h2-5,9,14H,6-8H2,1H3. The molecule has 1 N–H and O–H groups in total. The quantitative estimate of drug-likeness (QED) is 0.760. The van der Waals surface area contributed by atoms with Crippen LogP contribution in [0.2, 0.25) is 0 Å². The number of rotatable bonds is 1. The zero-order valence-electron chi connectivity index (χ0n) is 8.81. The molecule has 1 heterocycles. The van der Waals surface area contributed by atoms with Crippen molar-refractivity contribution in [1.29, 1.82) is 0 Å². The average Bonchev–Trinajstić information content (AvgIpc) is 2.65. The first-order valence-electron chi connectivity index (χ1n) is 5.25. The maximum absolute atomic E-state index is 12.0. The highest BCUT2D eigenvalue weighted by atomic mass is 16.3. The van der Waals surface area contributed by atoms with Gasteiger partial charge in [-0.3, -0.25) is 4.79 Å². The molecule has 3 heteroatoms. The summed E-state index contributed by atoms with van der Waals surface area (Å²) in [6, 6.07) is 6.71. The van der Waals surface area contributed by atoms with E-state index in [9.17, 15) is 9.90 Å². The van der Waals surface area contributed by atoms with Gasteiger partial charge < -0.3 is 10.0 Å². The first-order valence-corrected chi connectivity index (χ1v) is 5.25. The van der Waals surface area contributed by atoms with E-state index in [1.807, 2.05) is 0 Å². The predicted octanol–water partition coefficient (Wildman–Crippen LogP) is 1.87. The number of hydrogen-bond acceptors (Lipinski definition) is 2. The van der Waals surface area contributed by atoms with Gasteiger partial charge in [0.25, 0.3) is 5.91 Å². The van der Waals surface area contributed by atoms with Gasteiger partial charge in [-0.25, -0.2) is 0 Å². The van der Waals surface area contributed by atoms with Crippen LogP contribution >= 0.6 is 0 Å². The van der Waals surface area contributed by atoms with Gasteiger partial charge in [-0.2, -0.15) is 0 Å². The molecule has 15 heavy (non-hydrogen) atoms. The summed E-state index contributed by atoms with van der Waals surface area (Å²) in [5.41, 5.74) is 0.409. The highest BCUT2D eigenvalue weighted by Crippen LogP contribution is 2.22. The Morgan fingerprint density at radius 1 is 1.47 bits per heavy atom. The maximum Gasteiger partial charge on any atom is 0.257 e. The van der Waals surface area contributed by atoms with Gasteiger partial charge in [0.05, 0.1) is 5.56 Å². The van der Waals surface area contributed by atoms with Gasteiger partial charge in [-0.05, 0) is 24.5 Å². The lowest BCUT2D eigenvalue weighted by atomic mass is 10.1. The van der Waals surface area contributed by atoms with Crippen LogP contribution in [0.4, 0.5) is 0 Å². The minimum absolute atomic E-state index is 0.0579. The second kappa shape index (κ2) is 3.93. The van der Waals surface area contributed by atoms with Gasteiger partial charge in [0.1, 0.15) is 5.75 Å². The lowest BCUT2D eigenvalue weighted by molar-refractivity contribution is 0.0785. The Labute approximate surface area is 89.3 Å². The third-order valence-electron chi connectivity index (χ3n) is 2.85. The lowest BCUT2D eigenvalue weighted by Crippen LogP contribution is -2.28. The minimum atomic E-state index is -0.0579. The molecule has 1 aliphatic rings. The normalized spacial score (nSPS) is 20.6. The summed E-state index contributed by atoms with van der Waals surface area (Å²) < 4.78 is 0. The Kier molecular flexibility index (Phi) is 2.62. The molecular weight excluding hydrogens is 190 g/mol. The van der Waals surface area contributed by atoms with Crippen molar-refractivity contribution in [2.75, 3.05) is 13.1 Å². The van der Waals surface area contributed by atoms with Gasteiger partial charge in [-0.1, -0.05) is 19.1 Å². The Bertz CT molecular complexity index is 376. The van der Waals surface area contributed by atoms with E-state index >= 15 is 0 Å². The van der Waals surface area contributed by atoms with Crippen LogP contribution < -0.4 is 0 Å². The fraction of sp³-hybridized carbons (Fsp3) is 0.417. The summed E-state index contributed by atoms with van der Waals surface area (Å²) in [4.78, 5) is 13.8. The minimum Gasteiger partial charge on any atom is -0.507 e. The van der Waals surface area contributed by atoms with Crippen molar-refractivity contribution in [2.45, 2.75) is 13.3 Å². The van der Waals surface area contributed by atoms with Crippen molar-refractivity contribution < 1.29 is 9.90 Å². The Morgan fingerprint density at radius 2 is 2.20 bits per heavy atom. The maximum atomic E-state index is 12.0. The van der Waals surface area contributed by atoms with Crippen molar-refractivity contribution in [1.82, 2.24) is 4.90 Å². The Balaban J connectivity index is 2.18. The summed E-state index contributed by atoms with van der Waals surface area (Å²) in [5.74, 6) is 0.583. The number of benzene rings is 1. The van der Waals surface area contributed by atoms with Gasteiger partial charge in [0, 0.05) is 13.1 Å². The second-order valence-corrected chi connectivity index (χ2v) is 4.16. The van der Waals surface area contributed by atoms with Crippen LogP contribution in [-0.2, 0) is 0 Å². The van der Waals surface area contributed by atoms with Crippen molar-refractivity contribution in [3.05, 3.63) is 29.8 Å². The molecule has 0 radical (unpaired) electrons. The van der Waals surface area contributed by atoms with E-state index in [1.54, 1.807) is 29.2 Å². The van der Waals surface area contributed by atoms with Crippen LogP contribution in [-0.4, -0.2) is 29.0 Å². The summed E-state index contributed by atoms with van der Waals surface area (Å²) in [7, 11) is 0. The topological polar surface area (TPSA) is 40.5 Å². The first-order chi connectivity index (χ1) is 7.18. The van der Waals surface area contributed by atoms with E-state index in [4.69, 9.17) is 0 Å². The summed E-state index contributed by atoms with van der Waals surface area (Å²) in [6.07, 6.45) is 1.05. The molecule has 0 aromatic heterocycles. The SMILES string of the molecule is CC1CCN(C(=O)c2ccccc2O)C1. The highest BCUT2D eigenvalue weighted by Gasteiger charge is 2.25. The number of hydrogen-bond donors (Lipinski definition) is 1. The van der Waals surface area contributed by atoms with E-state index in [2.05, 4.69) is 6.92 Å². The molecule has 1 atom stereocenters. The summed E-state index contributed by atoms with van der Waals surface area (Å²) in [6.45, 7) is 3.74. The van der Waals surface area contributed by atoms with Gasteiger partial charge in [-0.15, -0.1) is 0 Å². The van der Waals surface area contributed by atoms with E-state index < -0.39 is 0 Å². The highest BCUT2D eigenvalue weighted by molar-refractivity contribution is 5.96. The lowest BCUT2D eigenvalue weighted by Gasteiger charge is -2.16. The van der Waals surface area contributed by atoms with E-state index in [0.717, 1.165) is 19.5 Å². The average molecular weight is 205 g/mol. The molecule has 1 aromatic rings. The fourth-order valence-corrected chi connectivity index (χ4v) is 1.94. The number of aromatic hydroxyl groups is 1. The van der Waals surface area contributed by atoms with Crippen LogP contribution in [0.25, 0.3) is 0 Å². The second-order valence-electron chi connectivity index (χ2n) is 4.16. The molecule has 0 aliphatic carbocycles. The van der Waals surface area contributed by atoms with Gasteiger partial charge in [0.2, 0.25) is 0 Å². The summed E-state index contributed by atoms with van der Waals surface area (Å²) in [5, 5.41) is 9.56. The van der Waals surface area contributed by atoms with E-state index in [-0.39, 0.29) is 11.7 Å². The van der Waals surface area contributed by atoms with Crippen LogP contribution in [0, 0.1) is 5.92 Å². The first kappa shape index (κ1) is 10.0. The largest absolute Gasteiger partial charge is 0.507 e. The molecule has 1 fully saturated rings. The van der Waals surface area contributed by atoms with E-state index in [1.165, 1.54) is 0 Å². The molecule has 1 unspecified atom stereocenters. The Hall–Kier alpha value is -1.51. The number of phenolic OH excluding ortho intramolecular Hbond substituents is 1. The van der Waals surface area contributed by atoms with Crippen molar-refractivity contribution in [3.8, 4) is 5.75 Å². The number of carbonyl (C=O) groups excluding carboxylic acids is 1. The van der Waals surface area contributed by atoms with Gasteiger partial charge >= 0.3 is 0 Å². The Morgan fingerprint density at radius 3 is 2.80 bits per heavy atom. The molecule has 1 aliphatic heterocycles. The third kappa shape index (κ3) is 1.96. The number of likely N-dealkylation sites (tertiary alicyclic amines) is 1. The van der Waals surface area contributed by atoms with Crippen LogP contribution in [0.3, 0.4) is 0 Å². The number of para-hydroxylation sites is 1. The molecule has 0 spiro atoms. The smallest absolute Gasteiger partial charge is 0.257 e. The third-order valence-corrected chi connectivity index (χ3v) is 2.85. The van der Waals surface area contributed by atoms with E-state index in [0.29, 0.717) is 11.5 Å². The molecule has 1 aromatic carbocycles. The van der Waals surface area contributed by atoms with Crippen molar-refractivity contribution in [2.24, 2.45) is 5.92 Å². The number of nitrogens with zero attached hydrogens (tertiary/aromatic N) is 1. The molecule has 1 amide bonds. The fourth-order valence-electron chi connectivity index (χ4n) is 1.94. The molecule has 2 rings (SSSR count). The molecular formula is C12H15NO2. The molecule has 0 saturated carbocycles. The summed E-state index contributed by atoms with van der Waals surface area (Å²) >= 11 is 0. The number of carbonyl (C=O) groups is 1. The van der Waals surface area contributed by atoms with Crippen LogP contribution in [0.15, 0.2) is 24.3 Å². The van der Waals surface area contributed by atoms with Crippen molar-refractivity contribution in [3.63, 3.8) is 0 Å². The predicted molar refractivity (Wildman–Crippen MR) is 57.8 cm³/mol. The van der Waals surface area contributed by atoms with Crippen molar-refractivity contribution >= 4 is 5.91 Å². The number of amides is 1. The molecule has 0 bridgehead atoms. The molecule has 3 nitrogen and oxygen atoms in total. The monoisotopic (exact) mass is 205 g/mol. The van der Waals surface area contributed by atoms with Gasteiger partial charge in [0.15, 0.2) is 0 Å².